The third kappa shape index (κ3) is 9.58. The molecule has 1 N–H and O–H groups in total. The van der Waals surface area contributed by atoms with Crippen LogP contribution in [0.4, 0.5) is 0 Å². The average Bonchev–Trinajstić information content (AvgIpc) is 3.31. The lowest BCUT2D eigenvalue weighted by molar-refractivity contribution is -0.120. The van der Waals surface area contributed by atoms with E-state index in [1.165, 1.54) is 70.6 Å². The number of aliphatic hydroxyl groups is 1. The number of unbranched alkanes of at least 4 members (excludes halogenated alkanes) is 12. The molecule has 0 spiro atoms. The number of rotatable bonds is 16. The fourth-order valence-electron chi connectivity index (χ4n) is 3.02. The summed E-state index contributed by atoms with van der Waals surface area (Å²) in [5.41, 5.74) is 0. The summed E-state index contributed by atoms with van der Waals surface area (Å²) >= 11 is 0. The van der Waals surface area contributed by atoms with Gasteiger partial charge in [0.05, 0.1) is 6.61 Å². The van der Waals surface area contributed by atoms with Gasteiger partial charge in [-0.15, -0.1) is 0 Å². The van der Waals surface area contributed by atoms with Gasteiger partial charge in [0.15, 0.2) is 5.78 Å². The van der Waals surface area contributed by atoms with Crippen molar-refractivity contribution >= 4 is 5.78 Å². The highest BCUT2D eigenvalue weighted by atomic mass is 16.6. The summed E-state index contributed by atoms with van der Waals surface area (Å²) in [6, 6.07) is 0. The molecule has 0 aromatic heterocycles. The summed E-state index contributed by atoms with van der Waals surface area (Å²) in [4.78, 5) is 11.6. The van der Waals surface area contributed by atoms with Crippen LogP contribution in [0.3, 0.4) is 0 Å². The number of Topliss-reactive ketones (excluding diaryl/α,β-unsaturated/α-hetero) is 1. The summed E-state index contributed by atoms with van der Waals surface area (Å²) in [5.74, 6) is 0.183. The minimum absolute atomic E-state index is 0.0188. The second kappa shape index (κ2) is 13.1. The lowest BCUT2D eigenvalue weighted by atomic mass is 10.0. The van der Waals surface area contributed by atoms with Gasteiger partial charge in [0.1, 0.15) is 12.2 Å². The molecule has 22 heavy (non-hydrogen) atoms. The van der Waals surface area contributed by atoms with Crippen molar-refractivity contribution in [2.45, 2.75) is 109 Å². The molecule has 0 aromatic carbocycles. The SMILES string of the molecule is CCCCCCCCCCCCCCCC(=O)C1OC1CO. The molecule has 2 atom stereocenters. The third-order valence-corrected chi connectivity index (χ3v) is 4.61. The van der Waals surface area contributed by atoms with E-state index in [1.807, 2.05) is 0 Å². The molecule has 1 aliphatic heterocycles. The van der Waals surface area contributed by atoms with Crippen molar-refractivity contribution in [2.24, 2.45) is 0 Å². The van der Waals surface area contributed by atoms with Crippen molar-refractivity contribution < 1.29 is 14.6 Å². The number of epoxide rings is 1. The first-order valence-corrected chi connectivity index (χ1v) is 9.58. The van der Waals surface area contributed by atoms with E-state index in [-0.39, 0.29) is 24.6 Å². The standard InChI is InChI=1S/C19H36O3/c1-2-3-4-5-6-7-8-9-10-11-12-13-14-15-17(21)19-18(16-20)22-19/h18-20H,2-16H2,1H3. The normalized spacial score (nSPS) is 20.3. The Labute approximate surface area is 136 Å². The zero-order valence-corrected chi connectivity index (χ0v) is 14.5. The molecule has 0 aromatic rings. The van der Waals surface area contributed by atoms with Gasteiger partial charge in [0.2, 0.25) is 0 Å². The molecule has 0 saturated carbocycles. The number of carbonyl (C=O) groups is 1. The highest BCUT2D eigenvalue weighted by Crippen LogP contribution is 2.24. The van der Waals surface area contributed by atoms with Gasteiger partial charge in [-0.25, -0.2) is 0 Å². The van der Waals surface area contributed by atoms with E-state index < -0.39 is 0 Å². The number of ether oxygens (including phenoxy) is 1. The zero-order chi connectivity index (χ0) is 16.0. The van der Waals surface area contributed by atoms with Crippen molar-refractivity contribution in [3.63, 3.8) is 0 Å². The van der Waals surface area contributed by atoms with Crippen molar-refractivity contribution in [1.29, 1.82) is 0 Å². The van der Waals surface area contributed by atoms with Crippen LogP contribution in [0, 0.1) is 0 Å². The van der Waals surface area contributed by atoms with Crippen LogP contribution in [0.2, 0.25) is 0 Å². The monoisotopic (exact) mass is 312 g/mol. The van der Waals surface area contributed by atoms with Crippen LogP contribution < -0.4 is 0 Å². The molecule has 130 valence electrons. The molecule has 0 amide bonds. The largest absolute Gasteiger partial charge is 0.394 e. The van der Waals surface area contributed by atoms with E-state index in [0.29, 0.717) is 6.42 Å². The van der Waals surface area contributed by atoms with Crippen LogP contribution in [0.25, 0.3) is 0 Å². The second-order valence-electron chi connectivity index (χ2n) is 6.74. The van der Waals surface area contributed by atoms with Gasteiger partial charge < -0.3 is 9.84 Å². The summed E-state index contributed by atoms with van der Waals surface area (Å²) in [6.07, 6.45) is 17.3. The lowest BCUT2D eigenvalue weighted by Gasteiger charge is -2.03. The van der Waals surface area contributed by atoms with E-state index >= 15 is 0 Å². The van der Waals surface area contributed by atoms with Gasteiger partial charge >= 0.3 is 0 Å². The van der Waals surface area contributed by atoms with Crippen LogP contribution in [0.15, 0.2) is 0 Å². The second-order valence-corrected chi connectivity index (χ2v) is 6.74. The predicted molar refractivity (Wildman–Crippen MR) is 91.1 cm³/mol. The molecular weight excluding hydrogens is 276 g/mol. The zero-order valence-electron chi connectivity index (χ0n) is 14.5. The van der Waals surface area contributed by atoms with Crippen molar-refractivity contribution in [2.75, 3.05) is 6.61 Å². The highest BCUT2D eigenvalue weighted by Gasteiger charge is 2.43. The Morgan fingerprint density at radius 2 is 1.27 bits per heavy atom. The average molecular weight is 312 g/mol. The fourth-order valence-corrected chi connectivity index (χ4v) is 3.02. The number of hydrogen-bond acceptors (Lipinski definition) is 3. The predicted octanol–water partition coefficient (Wildman–Crippen LogP) is 4.80. The van der Waals surface area contributed by atoms with Crippen LogP contribution in [-0.2, 0) is 9.53 Å². The van der Waals surface area contributed by atoms with Gasteiger partial charge in [0.25, 0.3) is 0 Å². The summed E-state index contributed by atoms with van der Waals surface area (Å²) in [5, 5.41) is 8.83. The van der Waals surface area contributed by atoms with Crippen molar-refractivity contribution in [3.05, 3.63) is 0 Å². The number of carbonyl (C=O) groups excluding carboxylic acids is 1. The molecule has 1 rings (SSSR count). The molecular formula is C19H36O3. The summed E-state index contributed by atoms with van der Waals surface area (Å²) < 4.78 is 5.09. The minimum Gasteiger partial charge on any atom is -0.394 e. The number of ketones is 1. The maximum Gasteiger partial charge on any atom is 0.164 e. The quantitative estimate of drug-likeness (QED) is 0.329. The molecule has 0 radical (unpaired) electrons. The van der Waals surface area contributed by atoms with Gasteiger partial charge in [-0.1, -0.05) is 84.0 Å². The number of aliphatic hydroxyl groups excluding tert-OH is 1. The maximum absolute atomic E-state index is 11.6. The Morgan fingerprint density at radius 3 is 1.68 bits per heavy atom. The highest BCUT2D eigenvalue weighted by molar-refractivity contribution is 5.85. The Morgan fingerprint density at radius 1 is 0.818 bits per heavy atom. The number of hydrogen-bond donors (Lipinski definition) is 1. The van der Waals surface area contributed by atoms with E-state index in [2.05, 4.69) is 6.92 Å². The molecule has 3 nitrogen and oxygen atoms in total. The Hall–Kier alpha value is -0.410. The molecule has 1 heterocycles. The molecule has 1 saturated heterocycles. The van der Waals surface area contributed by atoms with Gasteiger partial charge in [-0.3, -0.25) is 4.79 Å². The third-order valence-electron chi connectivity index (χ3n) is 4.61. The Bertz CT molecular complexity index is 278. The Balaban J connectivity index is 1.72. The summed E-state index contributed by atoms with van der Waals surface area (Å²) in [7, 11) is 0. The smallest absolute Gasteiger partial charge is 0.164 e. The van der Waals surface area contributed by atoms with Crippen LogP contribution >= 0.6 is 0 Å². The van der Waals surface area contributed by atoms with Gasteiger partial charge in [-0.05, 0) is 6.42 Å². The minimum atomic E-state index is -0.290. The first-order valence-electron chi connectivity index (χ1n) is 9.58. The van der Waals surface area contributed by atoms with Crippen molar-refractivity contribution in [1.82, 2.24) is 0 Å². The molecule has 2 unspecified atom stereocenters. The topological polar surface area (TPSA) is 49.8 Å². The van der Waals surface area contributed by atoms with E-state index in [0.717, 1.165) is 12.8 Å². The van der Waals surface area contributed by atoms with Crippen LogP contribution in [0.5, 0.6) is 0 Å². The van der Waals surface area contributed by atoms with Crippen molar-refractivity contribution in [3.8, 4) is 0 Å². The molecule has 0 aliphatic carbocycles. The lowest BCUT2D eigenvalue weighted by Crippen LogP contribution is -2.11. The van der Waals surface area contributed by atoms with Crippen LogP contribution in [0.1, 0.15) is 96.8 Å². The summed E-state index contributed by atoms with van der Waals surface area (Å²) in [6.45, 7) is 2.25. The van der Waals surface area contributed by atoms with Gasteiger partial charge in [-0.2, -0.15) is 0 Å². The van der Waals surface area contributed by atoms with Crippen LogP contribution in [-0.4, -0.2) is 29.7 Å². The molecule has 3 heteroatoms. The molecule has 1 aliphatic rings. The first-order chi connectivity index (χ1) is 10.8. The van der Waals surface area contributed by atoms with E-state index in [1.54, 1.807) is 0 Å². The fraction of sp³-hybridized carbons (Fsp3) is 0.947. The maximum atomic E-state index is 11.6. The van der Waals surface area contributed by atoms with E-state index in [4.69, 9.17) is 9.84 Å². The molecule has 0 bridgehead atoms. The van der Waals surface area contributed by atoms with E-state index in [9.17, 15) is 4.79 Å². The van der Waals surface area contributed by atoms with Gasteiger partial charge in [0, 0.05) is 6.42 Å². The first kappa shape index (κ1) is 19.6. The molecule has 1 fully saturated rings. The Kier molecular flexibility index (Phi) is 11.7.